The molecule has 0 atom stereocenters. The SMILES string of the molecule is Cc1cccc(C)c1NC(=O)c1cc2sccc2n1C. The Labute approximate surface area is 121 Å². The van der Waals surface area contributed by atoms with Crippen molar-refractivity contribution < 1.29 is 4.79 Å². The van der Waals surface area contributed by atoms with Gasteiger partial charge in [0.05, 0.1) is 10.2 Å². The molecule has 0 aliphatic carbocycles. The molecule has 0 aliphatic rings. The van der Waals surface area contributed by atoms with Crippen molar-refractivity contribution in [2.24, 2.45) is 7.05 Å². The molecule has 3 aromatic rings. The zero-order valence-electron chi connectivity index (χ0n) is 11.7. The number of para-hydroxylation sites is 1. The molecule has 1 amide bonds. The minimum Gasteiger partial charge on any atom is -0.339 e. The number of rotatable bonds is 2. The second-order valence-electron chi connectivity index (χ2n) is 4.98. The number of hydrogen-bond acceptors (Lipinski definition) is 2. The first-order chi connectivity index (χ1) is 9.58. The van der Waals surface area contributed by atoms with Crippen LogP contribution in [0.3, 0.4) is 0 Å². The normalized spacial score (nSPS) is 10.9. The summed E-state index contributed by atoms with van der Waals surface area (Å²) in [5, 5.41) is 5.07. The first kappa shape index (κ1) is 12.9. The van der Waals surface area contributed by atoms with Crippen LogP contribution in [0.4, 0.5) is 5.69 Å². The number of carbonyl (C=O) groups excluding carboxylic acids is 1. The molecular weight excluding hydrogens is 268 g/mol. The van der Waals surface area contributed by atoms with E-state index in [1.165, 1.54) is 0 Å². The van der Waals surface area contributed by atoms with E-state index < -0.39 is 0 Å². The van der Waals surface area contributed by atoms with Gasteiger partial charge in [0.1, 0.15) is 5.69 Å². The lowest BCUT2D eigenvalue weighted by Crippen LogP contribution is -2.16. The summed E-state index contributed by atoms with van der Waals surface area (Å²) >= 11 is 1.65. The van der Waals surface area contributed by atoms with Gasteiger partial charge in [-0.2, -0.15) is 0 Å². The fourth-order valence-electron chi connectivity index (χ4n) is 2.46. The average molecular weight is 284 g/mol. The van der Waals surface area contributed by atoms with E-state index in [-0.39, 0.29) is 5.91 Å². The predicted molar refractivity (Wildman–Crippen MR) is 84.7 cm³/mol. The van der Waals surface area contributed by atoms with Gasteiger partial charge in [-0.1, -0.05) is 18.2 Å². The third-order valence-electron chi connectivity index (χ3n) is 3.62. The highest BCUT2D eigenvalue weighted by Gasteiger charge is 2.15. The van der Waals surface area contributed by atoms with E-state index >= 15 is 0 Å². The van der Waals surface area contributed by atoms with Crippen LogP contribution in [0.2, 0.25) is 0 Å². The summed E-state index contributed by atoms with van der Waals surface area (Å²) in [6, 6.07) is 10.00. The molecule has 1 N–H and O–H groups in total. The van der Waals surface area contributed by atoms with Gasteiger partial charge in [-0.25, -0.2) is 0 Å². The maximum Gasteiger partial charge on any atom is 0.272 e. The van der Waals surface area contributed by atoms with Crippen molar-refractivity contribution in [3.63, 3.8) is 0 Å². The van der Waals surface area contributed by atoms with Crippen LogP contribution in [-0.4, -0.2) is 10.5 Å². The quantitative estimate of drug-likeness (QED) is 0.755. The number of benzene rings is 1. The smallest absolute Gasteiger partial charge is 0.272 e. The highest BCUT2D eigenvalue weighted by Crippen LogP contribution is 2.26. The van der Waals surface area contributed by atoms with Gasteiger partial charge in [-0.15, -0.1) is 11.3 Å². The lowest BCUT2D eigenvalue weighted by atomic mass is 10.1. The number of nitrogens with one attached hydrogen (secondary N) is 1. The van der Waals surface area contributed by atoms with Crippen LogP contribution in [-0.2, 0) is 7.05 Å². The molecule has 0 radical (unpaired) electrons. The fourth-order valence-corrected chi connectivity index (χ4v) is 3.31. The predicted octanol–water partition coefficient (Wildman–Crippen LogP) is 4.11. The molecule has 0 aliphatic heterocycles. The van der Waals surface area contributed by atoms with Crippen molar-refractivity contribution in [3.8, 4) is 0 Å². The van der Waals surface area contributed by atoms with E-state index in [0.29, 0.717) is 5.69 Å². The molecule has 0 unspecified atom stereocenters. The first-order valence-electron chi connectivity index (χ1n) is 6.48. The maximum atomic E-state index is 12.5. The fraction of sp³-hybridized carbons (Fsp3) is 0.188. The summed E-state index contributed by atoms with van der Waals surface area (Å²) in [5.41, 5.74) is 4.85. The monoisotopic (exact) mass is 284 g/mol. The molecule has 1 aromatic carbocycles. The van der Waals surface area contributed by atoms with E-state index in [1.807, 2.05) is 61.2 Å². The van der Waals surface area contributed by atoms with Gasteiger partial charge in [-0.3, -0.25) is 4.79 Å². The Morgan fingerprint density at radius 3 is 2.55 bits per heavy atom. The van der Waals surface area contributed by atoms with Crippen LogP contribution in [0, 0.1) is 13.8 Å². The minimum atomic E-state index is -0.0618. The standard InChI is InChI=1S/C16H16N2OS/c1-10-5-4-6-11(2)15(10)17-16(19)13-9-14-12(18(13)3)7-8-20-14/h4-9H,1-3H3,(H,17,19). The van der Waals surface area contributed by atoms with Crippen LogP contribution < -0.4 is 5.32 Å². The average Bonchev–Trinajstić information content (AvgIpc) is 2.97. The van der Waals surface area contributed by atoms with Crippen molar-refractivity contribution in [2.75, 3.05) is 5.32 Å². The van der Waals surface area contributed by atoms with E-state index in [2.05, 4.69) is 5.32 Å². The summed E-state index contributed by atoms with van der Waals surface area (Å²) in [4.78, 5) is 12.5. The van der Waals surface area contributed by atoms with Crippen LogP contribution in [0.15, 0.2) is 35.7 Å². The van der Waals surface area contributed by atoms with Gasteiger partial charge in [0.2, 0.25) is 0 Å². The molecule has 2 aromatic heterocycles. The van der Waals surface area contributed by atoms with E-state index in [9.17, 15) is 4.79 Å². The highest BCUT2D eigenvalue weighted by molar-refractivity contribution is 7.17. The van der Waals surface area contributed by atoms with Gasteiger partial charge in [-0.05, 0) is 42.5 Å². The lowest BCUT2D eigenvalue weighted by Gasteiger charge is -2.11. The van der Waals surface area contributed by atoms with Crippen LogP contribution in [0.25, 0.3) is 10.2 Å². The molecule has 0 fully saturated rings. The topological polar surface area (TPSA) is 34.0 Å². The Morgan fingerprint density at radius 1 is 1.20 bits per heavy atom. The number of hydrogen-bond donors (Lipinski definition) is 1. The number of fused-ring (bicyclic) bond motifs is 1. The van der Waals surface area contributed by atoms with E-state index in [1.54, 1.807) is 11.3 Å². The number of aromatic nitrogens is 1. The molecule has 102 valence electrons. The van der Waals surface area contributed by atoms with E-state index in [0.717, 1.165) is 27.0 Å². The second-order valence-corrected chi connectivity index (χ2v) is 5.93. The highest BCUT2D eigenvalue weighted by atomic mass is 32.1. The number of aryl methyl sites for hydroxylation is 3. The molecular formula is C16H16N2OS. The molecule has 0 bridgehead atoms. The van der Waals surface area contributed by atoms with Crippen molar-refractivity contribution in [1.29, 1.82) is 0 Å². The Balaban J connectivity index is 1.97. The van der Waals surface area contributed by atoms with Crippen LogP contribution in [0.1, 0.15) is 21.6 Å². The molecule has 3 nitrogen and oxygen atoms in total. The van der Waals surface area contributed by atoms with Crippen molar-refractivity contribution >= 4 is 33.1 Å². The summed E-state index contributed by atoms with van der Waals surface area (Å²) in [6.07, 6.45) is 0. The Kier molecular flexibility index (Phi) is 3.10. The molecule has 20 heavy (non-hydrogen) atoms. The molecule has 2 heterocycles. The number of carbonyl (C=O) groups is 1. The summed E-state index contributed by atoms with van der Waals surface area (Å²) in [7, 11) is 1.93. The lowest BCUT2D eigenvalue weighted by molar-refractivity contribution is 0.101. The van der Waals surface area contributed by atoms with Crippen molar-refractivity contribution in [3.05, 3.63) is 52.5 Å². The Bertz CT molecular complexity index is 778. The van der Waals surface area contributed by atoms with Crippen LogP contribution >= 0.6 is 11.3 Å². The van der Waals surface area contributed by atoms with Crippen molar-refractivity contribution in [1.82, 2.24) is 4.57 Å². The minimum absolute atomic E-state index is 0.0618. The molecule has 0 saturated carbocycles. The number of thiophene rings is 1. The molecule has 0 spiro atoms. The first-order valence-corrected chi connectivity index (χ1v) is 7.36. The third-order valence-corrected chi connectivity index (χ3v) is 4.47. The Morgan fingerprint density at radius 2 is 1.90 bits per heavy atom. The van der Waals surface area contributed by atoms with Gasteiger partial charge in [0.25, 0.3) is 5.91 Å². The Hall–Kier alpha value is -2.07. The number of anilines is 1. The summed E-state index contributed by atoms with van der Waals surface area (Å²) < 4.78 is 3.08. The zero-order chi connectivity index (χ0) is 14.3. The van der Waals surface area contributed by atoms with E-state index in [4.69, 9.17) is 0 Å². The van der Waals surface area contributed by atoms with Gasteiger partial charge >= 0.3 is 0 Å². The van der Waals surface area contributed by atoms with Crippen molar-refractivity contribution in [2.45, 2.75) is 13.8 Å². The summed E-state index contributed by atoms with van der Waals surface area (Å²) in [5.74, 6) is -0.0618. The van der Waals surface area contributed by atoms with Crippen LogP contribution in [0.5, 0.6) is 0 Å². The van der Waals surface area contributed by atoms with Gasteiger partial charge in [0.15, 0.2) is 0 Å². The number of amides is 1. The molecule has 3 rings (SSSR count). The largest absolute Gasteiger partial charge is 0.339 e. The molecule has 0 saturated heterocycles. The zero-order valence-corrected chi connectivity index (χ0v) is 12.5. The second kappa shape index (κ2) is 4.80. The third kappa shape index (κ3) is 2.02. The molecule has 4 heteroatoms. The van der Waals surface area contributed by atoms with Gasteiger partial charge < -0.3 is 9.88 Å². The maximum absolute atomic E-state index is 12.5. The number of nitrogens with zero attached hydrogens (tertiary/aromatic N) is 1. The summed E-state index contributed by atoms with van der Waals surface area (Å²) in [6.45, 7) is 4.01. The van der Waals surface area contributed by atoms with Gasteiger partial charge in [0, 0.05) is 12.7 Å².